The summed E-state index contributed by atoms with van der Waals surface area (Å²) in [5.74, 6) is 2.21. The first kappa shape index (κ1) is 17.6. The van der Waals surface area contributed by atoms with E-state index in [0.717, 1.165) is 0 Å². The normalized spacial score (nSPS) is 12.6. The molecule has 0 aliphatic carbocycles. The molecule has 0 fully saturated rings. The minimum absolute atomic E-state index is 0.0131. The van der Waals surface area contributed by atoms with E-state index in [4.69, 9.17) is 6.42 Å². The molecule has 0 aromatic rings. The number of Topliss-reactive ketones (excluding diaryl/α,β-unsaturated/α-hetero) is 3. The van der Waals surface area contributed by atoms with E-state index in [1.807, 2.05) is 20.8 Å². The van der Waals surface area contributed by atoms with E-state index in [1.54, 1.807) is 0 Å². The van der Waals surface area contributed by atoms with Crippen LogP contribution in [0.3, 0.4) is 0 Å². The molecular formula is C16H24O3. The largest absolute Gasteiger partial charge is 0.300 e. The number of carbonyl (C=O) groups is 3. The van der Waals surface area contributed by atoms with Crippen LogP contribution in [0.25, 0.3) is 0 Å². The lowest BCUT2D eigenvalue weighted by molar-refractivity contribution is -0.133. The van der Waals surface area contributed by atoms with E-state index in [2.05, 4.69) is 5.92 Å². The second-order valence-electron chi connectivity index (χ2n) is 6.02. The van der Waals surface area contributed by atoms with Gasteiger partial charge in [-0.05, 0) is 13.3 Å². The molecule has 0 aliphatic rings. The van der Waals surface area contributed by atoms with Gasteiger partial charge >= 0.3 is 0 Å². The molecule has 0 bridgehead atoms. The van der Waals surface area contributed by atoms with Crippen LogP contribution in [0, 0.1) is 23.7 Å². The third-order valence-electron chi connectivity index (χ3n) is 2.93. The van der Waals surface area contributed by atoms with Crippen molar-refractivity contribution >= 4 is 17.3 Å². The molecule has 106 valence electrons. The molecule has 0 radical (unpaired) electrons. The first-order chi connectivity index (χ1) is 8.68. The van der Waals surface area contributed by atoms with Crippen LogP contribution < -0.4 is 0 Å². The lowest BCUT2D eigenvalue weighted by Gasteiger charge is -2.22. The van der Waals surface area contributed by atoms with Gasteiger partial charge in [-0.2, -0.15) is 0 Å². The quantitative estimate of drug-likeness (QED) is 0.633. The molecule has 0 rings (SSSR count). The summed E-state index contributed by atoms with van der Waals surface area (Å²) in [6.45, 7) is 7.01. The standard InChI is InChI=1S/C16H24O3/c1-6-8-13(15(19)16(3,4)5)11-14(18)10-7-9-12(2)17/h1,13H,7-11H2,2-5H3. The van der Waals surface area contributed by atoms with Crippen LogP contribution in [0.15, 0.2) is 0 Å². The van der Waals surface area contributed by atoms with Crippen LogP contribution in [0.4, 0.5) is 0 Å². The Bertz CT molecular complexity index is 380. The Hall–Kier alpha value is -1.43. The van der Waals surface area contributed by atoms with Gasteiger partial charge in [0.05, 0.1) is 0 Å². The number of ketones is 3. The first-order valence-electron chi connectivity index (χ1n) is 6.67. The fourth-order valence-corrected chi connectivity index (χ4v) is 1.92. The summed E-state index contributed by atoms with van der Waals surface area (Å²) in [4.78, 5) is 34.8. The van der Waals surface area contributed by atoms with Gasteiger partial charge in [0.15, 0.2) is 0 Å². The monoisotopic (exact) mass is 264 g/mol. The van der Waals surface area contributed by atoms with E-state index < -0.39 is 11.3 Å². The highest BCUT2D eigenvalue weighted by molar-refractivity contribution is 5.91. The summed E-state index contributed by atoms with van der Waals surface area (Å²) < 4.78 is 0. The van der Waals surface area contributed by atoms with E-state index in [-0.39, 0.29) is 23.8 Å². The highest BCUT2D eigenvalue weighted by Gasteiger charge is 2.30. The number of rotatable bonds is 8. The number of hydrogen-bond acceptors (Lipinski definition) is 3. The molecule has 3 heteroatoms. The molecule has 0 saturated heterocycles. The topological polar surface area (TPSA) is 51.2 Å². The predicted molar refractivity (Wildman–Crippen MR) is 75.6 cm³/mol. The summed E-state index contributed by atoms with van der Waals surface area (Å²) in [5.41, 5.74) is -0.485. The summed E-state index contributed by atoms with van der Waals surface area (Å²) >= 11 is 0. The maximum atomic E-state index is 12.2. The summed E-state index contributed by atoms with van der Waals surface area (Å²) in [6, 6.07) is 0. The number of terminal acetylenes is 1. The van der Waals surface area contributed by atoms with Crippen molar-refractivity contribution in [1.29, 1.82) is 0 Å². The van der Waals surface area contributed by atoms with E-state index in [9.17, 15) is 14.4 Å². The maximum absolute atomic E-state index is 12.2. The van der Waals surface area contributed by atoms with Gasteiger partial charge in [-0.15, -0.1) is 12.3 Å². The van der Waals surface area contributed by atoms with Crippen molar-refractivity contribution in [3.05, 3.63) is 0 Å². The van der Waals surface area contributed by atoms with Crippen LogP contribution in [-0.2, 0) is 14.4 Å². The number of hydrogen-bond donors (Lipinski definition) is 0. The summed E-state index contributed by atoms with van der Waals surface area (Å²) in [6.07, 6.45) is 7.08. The fraction of sp³-hybridized carbons (Fsp3) is 0.688. The smallest absolute Gasteiger partial charge is 0.142 e. The highest BCUT2D eigenvalue weighted by Crippen LogP contribution is 2.25. The van der Waals surface area contributed by atoms with Crippen LogP contribution in [0.2, 0.25) is 0 Å². The van der Waals surface area contributed by atoms with Crippen LogP contribution >= 0.6 is 0 Å². The second-order valence-corrected chi connectivity index (χ2v) is 6.02. The molecule has 0 heterocycles. The van der Waals surface area contributed by atoms with Crippen LogP contribution in [-0.4, -0.2) is 17.3 Å². The molecule has 1 atom stereocenters. The molecule has 0 amide bonds. The average molecular weight is 264 g/mol. The van der Waals surface area contributed by atoms with Gasteiger partial charge in [-0.3, -0.25) is 9.59 Å². The zero-order valence-electron chi connectivity index (χ0n) is 12.4. The SMILES string of the molecule is C#CCC(CC(=O)CCCC(C)=O)C(=O)C(C)(C)C. The molecule has 0 N–H and O–H groups in total. The van der Waals surface area contributed by atoms with E-state index in [0.29, 0.717) is 25.7 Å². The molecule has 0 spiro atoms. The third kappa shape index (κ3) is 7.56. The highest BCUT2D eigenvalue weighted by atomic mass is 16.1. The van der Waals surface area contributed by atoms with Crippen molar-refractivity contribution in [3.63, 3.8) is 0 Å². The Kier molecular flexibility index (Phi) is 7.29. The molecule has 0 saturated carbocycles. The van der Waals surface area contributed by atoms with Gasteiger partial charge < -0.3 is 4.79 Å². The molecular weight excluding hydrogens is 240 g/mol. The molecule has 0 aliphatic heterocycles. The lowest BCUT2D eigenvalue weighted by Crippen LogP contribution is -2.29. The van der Waals surface area contributed by atoms with Crippen molar-refractivity contribution < 1.29 is 14.4 Å². The van der Waals surface area contributed by atoms with Crippen molar-refractivity contribution in [2.45, 2.75) is 59.8 Å². The fourth-order valence-electron chi connectivity index (χ4n) is 1.92. The van der Waals surface area contributed by atoms with Crippen LogP contribution in [0.1, 0.15) is 59.8 Å². The minimum atomic E-state index is -0.485. The number of carbonyl (C=O) groups excluding carboxylic acids is 3. The average Bonchev–Trinajstić information content (AvgIpc) is 2.25. The molecule has 19 heavy (non-hydrogen) atoms. The Balaban J connectivity index is 4.43. The van der Waals surface area contributed by atoms with Gasteiger partial charge in [-0.1, -0.05) is 20.8 Å². The van der Waals surface area contributed by atoms with Gasteiger partial charge in [0.2, 0.25) is 0 Å². The minimum Gasteiger partial charge on any atom is -0.300 e. The zero-order chi connectivity index (χ0) is 15.1. The van der Waals surface area contributed by atoms with Crippen LogP contribution in [0.5, 0.6) is 0 Å². The van der Waals surface area contributed by atoms with Gasteiger partial charge in [0.1, 0.15) is 17.3 Å². The Morgan fingerprint density at radius 3 is 2.16 bits per heavy atom. The Morgan fingerprint density at radius 1 is 1.16 bits per heavy atom. The third-order valence-corrected chi connectivity index (χ3v) is 2.93. The van der Waals surface area contributed by atoms with Crippen molar-refractivity contribution in [1.82, 2.24) is 0 Å². The Morgan fingerprint density at radius 2 is 1.74 bits per heavy atom. The maximum Gasteiger partial charge on any atom is 0.142 e. The van der Waals surface area contributed by atoms with E-state index >= 15 is 0 Å². The molecule has 3 nitrogen and oxygen atoms in total. The van der Waals surface area contributed by atoms with Gasteiger partial charge in [0.25, 0.3) is 0 Å². The summed E-state index contributed by atoms with van der Waals surface area (Å²) in [7, 11) is 0. The zero-order valence-corrected chi connectivity index (χ0v) is 12.4. The van der Waals surface area contributed by atoms with Gasteiger partial charge in [-0.25, -0.2) is 0 Å². The van der Waals surface area contributed by atoms with Crippen molar-refractivity contribution in [2.75, 3.05) is 0 Å². The molecule has 0 aromatic carbocycles. The Labute approximate surface area is 116 Å². The van der Waals surface area contributed by atoms with Crippen molar-refractivity contribution in [3.8, 4) is 12.3 Å². The first-order valence-corrected chi connectivity index (χ1v) is 6.67. The summed E-state index contributed by atoms with van der Waals surface area (Å²) in [5, 5.41) is 0. The lowest BCUT2D eigenvalue weighted by atomic mass is 9.79. The van der Waals surface area contributed by atoms with Gasteiger partial charge in [0, 0.05) is 37.0 Å². The predicted octanol–water partition coefficient (Wildman–Crippen LogP) is 2.96. The second kappa shape index (κ2) is 7.89. The molecule has 0 aromatic heterocycles. The van der Waals surface area contributed by atoms with Crippen molar-refractivity contribution in [2.24, 2.45) is 11.3 Å². The molecule has 1 unspecified atom stereocenters. The van der Waals surface area contributed by atoms with E-state index in [1.165, 1.54) is 6.92 Å².